The zero-order valence-corrected chi connectivity index (χ0v) is 84.9. The van der Waals surface area contributed by atoms with Crippen molar-refractivity contribution in [1.29, 1.82) is 0 Å². The molecule has 0 atom stereocenters. The molecule has 8 aromatic carbocycles. The number of aromatic amines is 2. The van der Waals surface area contributed by atoms with E-state index >= 15 is 0 Å². The number of nitrogens with zero attached hydrogens (tertiary/aromatic N) is 4. The first-order valence-electron chi connectivity index (χ1n) is 40.8. The van der Waals surface area contributed by atoms with Crippen LogP contribution in [0.15, 0.2) is 234 Å². The van der Waals surface area contributed by atoms with Gasteiger partial charge in [0, 0.05) is 98.2 Å². The fraction of sp³-hybridized carbons (Fsp3) is 0.327. The molecule has 30 heteroatoms. The van der Waals surface area contributed by atoms with E-state index < -0.39 is 22.4 Å². The highest BCUT2D eigenvalue weighted by Gasteiger charge is 2.25. The number of pyridine rings is 2. The molecule has 0 aliphatic rings. The molecule has 4 N–H and O–H groups in total. The number of amides is 6. The maximum Gasteiger partial charge on any atom is 0.414 e. The van der Waals surface area contributed by atoms with E-state index in [1.807, 2.05) is 250 Å². The van der Waals surface area contributed by atoms with Crippen molar-refractivity contribution in [1.82, 2.24) is 9.97 Å². The van der Waals surface area contributed by atoms with Gasteiger partial charge in [-0.2, -0.15) is 9.59 Å². The summed E-state index contributed by atoms with van der Waals surface area (Å²) in [6, 6.07) is 68.6. The second-order valence-electron chi connectivity index (χ2n) is 32.5. The number of carbonyl (C=O) groups excluding carboxylic acids is 11. The van der Waals surface area contributed by atoms with Crippen LogP contribution in [0.2, 0.25) is 0 Å². The van der Waals surface area contributed by atoms with Gasteiger partial charge in [0.05, 0.1) is 26.9 Å². The van der Waals surface area contributed by atoms with E-state index in [2.05, 4.69) is 135 Å². The van der Waals surface area contributed by atoms with Crippen LogP contribution in [0.25, 0.3) is 22.3 Å². The largest absolute Gasteiger partial charge is 0.469 e. The Labute approximate surface area is 798 Å². The van der Waals surface area contributed by atoms with E-state index in [9.17, 15) is 52.7 Å². The van der Waals surface area contributed by atoms with E-state index in [-0.39, 0.29) is 77.1 Å². The molecule has 2 heterocycles. The lowest BCUT2D eigenvalue weighted by Crippen LogP contribution is -2.34. The third-order valence-electron chi connectivity index (χ3n) is 16.1. The lowest BCUT2D eigenvalue weighted by molar-refractivity contribution is -0.192. The zero-order valence-electron chi connectivity index (χ0n) is 80.6. The number of halogens is 2. The minimum Gasteiger partial charge on any atom is -0.469 e. The van der Waals surface area contributed by atoms with Gasteiger partial charge in [0.2, 0.25) is 11.8 Å². The van der Waals surface area contributed by atoms with Gasteiger partial charge in [0.1, 0.15) is 33.8 Å². The summed E-state index contributed by atoms with van der Waals surface area (Å²) in [7, 11) is 11.0. The Hall–Kier alpha value is -13.1. The fourth-order valence-electron chi connectivity index (χ4n) is 9.95. The Kier molecular flexibility index (Phi) is 54.0. The Morgan fingerprint density at radius 3 is 1.07 bits per heavy atom. The number of esters is 3. The van der Waals surface area contributed by atoms with Crippen molar-refractivity contribution in [3.05, 3.63) is 292 Å². The molecule has 10 aromatic rings. The maximum atomic E-state index is 12.3. The second kappa shape index (κ2) is 59.9. The summed E-state index contributed by atoms with van der Waals surface area (Å²) in [5, 5.41) is 4.85. The first-order valence-corrected chi connectivity index (χ1v) is 43.0. The SMILES string of the molecule is CC(=O)Nc1c(C)cc[nH]c1=O.CC(=O)Nc1ccc[nH]c1=O.COC(=O)c1ccccc1I.COC(C)=O.COC(C)=O.Cc1cc(-c2ccccc2)cc(N(C)C(=O)OC(C)(C)C)c1.Cc1cc(-c2ccccc2C)cc(N(C)C(=O)OC(C)(C)C)c1.Cc1cccc(N(C)C(=O)OC(C)(C)C)c1.Cc1cccc(N(C)C(=O)OC(C)(C)C)c1.Ic1ccccc1.O=C=O. The zero-order chi connectivity index (χ0) is 100. The molecular weight excluding hydrogens is 1900 g/mol. The number of rotatable bonds is 9. The summed E-state index contributed by atoms with van der Waals surface area (Å²) in [6.07, 6.45) is 1.93. The van der Waals surface area contributed by atoms with Crippen molar-refractivity contribution in [2.45, 2.75) is 175 Å². The smallest absolute Gasteiger partial charge is 0.414 e. The number of hydrogen-bond acceptors (Lipinski definition) is 20. The van der Waals surface area contributed by atoms with Gasteiger partial charge in [0.25, 0.3) is 11.1 Å². The highest BCUT2D eigenvalue weighted by molar-refractivity contribution is 14.1. The summed E-state index contributed by atoms with van der Waals surface area (Å²) in [5.74, 6) is -1.26. The Balaban J connectivity index is 0.00000147. The first kappa shape index (κ1) is 118. The fourth-order valence-corrected chi connectivity index (χ4v) is 11.0. The number of aromatic nitrogens is 2. The maximum absolute atomic E-state index is 12.3. The van der Waals surface area contributed by atoms with Crippen LogP contribution in [0.1, 0.15) is 155 Å². The summed E-state index contributed by atoms with van der Waals surface area (Å²) < 4.78 is 36.4. The first-order chi connectivity index (χ1) is 60.9. The van der Waals surface area contributed by atoms with Crippen LogP contribution >= 0.6 is 45.2 Å². The highest BCUT2D eigenvalue weighted by atomic mass is 127. The molecule has 0 radical (unpaired) electrons. The number of methoxy groups -OCH3 is 3. The Morgan fingerprint density at radius 2 is 0.718 bits per heavy atom. The molecule has 131 heavy (non-hydrogen) atoms. The highest BCUT2D eigenvalue weighted by Crippen LogP contribution is 2.31. The summed E-state index contributed by atoms with van der Waals surface area (Å²) in [4.78, 5) is 149. The monoisotopic (exact) mass is 2030 g/mol. The number of anilines is 6. The van der Waals surface area contributed by atoms with Gasteiger partial charge in [-0.3, -0.25) is 48.4 Å². The van der Waals surface area contributed by atoms with Crippen LogP contribution in [0.5, 0.6) is 0 Å². The molecule has 10 rings (SSSR count). The molecule has 0 aliphatic heterocycles. The van der Waals surface area contributed by atoms with Crippen molar-refractivity contribution in [3.63, 3.8) is 0 Å². The molecule has 6 amide bonds. The van der Waals surface area contributed by atoms with Crippen LogP contribution in [-0.2, 0) is 61.9 Å². The van der Waals surface area contributed by atoms with Crippen LogP contribution < -0.4 is 41.4 Å². The molecule has 0 bridgehead atoms. The number of H-pyrrole nitrogens is 2. The number of aryl methyl sites for hydroxylation is 6. The molecular formula is C101H128I2N8O20. The number of benzene rings is 8. The van der Waals surface area contributed by atoms with Crippen LogP contribution in [0.4, 0.5) is 53.3 Å². The normalized spacial score (nSPS) is 10.0. The average Bonchev–Trinajstić information content (AvgIpc) is 0.809. The molecule has 2 aromatic heterocycles. The molecule has 0 unspecified atom stereocenters. The Morgan fingerprint density at radius 1 is 0.359 bits per heavy atom. The standard InChI is InChI=1S/C20H25NO2.C19H23NO2.2C13H19NO2.C8H7IO2.C8H10N2O2.C7H8N2O2.C6H5I.2C3H6O2.CO2/c1-14-11-16(18-10-8-7-9-15(18)2)13-17(12-14)21(6)19(22)23-20(3,4)5;1-14-11-16(15-9-7-6-8-10-15)13-17(12-14)20(5)18(21)22-19(2,3)4;2*1-10-7-6-8-11(9-10)14(5)12(15)16-13(2,3)4;1-11-8(10)6-4-2-3-5-7(6)9;1-5-3-4-9-8(12)7(5)10-6(2)11;1-5(10)9-6-3-2-4-8-7(6)11;7-6-4-2-1-3-5-6;2*1-3(4)5-2;2-1-3/h7-13H,1-6H3;6-13H,1-5H3;2*6-9H,1-5H3;2-5H,1H3;3-4H,1-2H3,(H,9,12)(H,10,11);2-4H,1H3,(H,8,11)(H,9,10);1-5H;2*1-2H3;. The summed E-state index contributed by atoms with van der Waals surface area (Å²) in [5.41, 5.74) is 13.0. The third-order valence-corrected chi connectivity index (χ3v) is 17.8. The average molecular weight is 2030 g/mol. The number of carbonyl (C=O) groups is 9. The van der Waals surface area contributed by atoms with E-state index in [1.165, 1.54) is 79.7 Å². The van der Waals surface area contributed by atoms with Gasteiger partial charge >= 0.3 is 48.4 Å². The van der Waals surface area contributed by atoms with Crippen molar-refractivity contribution in [2.75, 3.05) is 79.8 Å². The number of ether oxygens (including phenoxy) is 7. The molecule has 28 nitrogen and oxygen atoms in total. The lowest BCUT2D eigenvalue weighted by Gasteiger charge is -2.25. The predicted molar refractivity (Wildman–Crippen MR) is 536 cm³/mol. The topological polar surface area (TPSA) is 355 Å². The van der Waals surface area contributed by atoms with Crippen molar-refractivity contribution in [2.24, 2.45) is 0 Å². The summed E-state index contributed by atoms with van der Waals surface area (Å²) in [6.45, 7) is 39.7. The quantitative estimate of drug-likeness (QED) is 0.0592. The van der Waals surface area contributed by atoms with Gasteiger partial charge in [-0.25, -0.2) is 24.0 Å². The van der Waals surface area contributed by atoms with Crippen molar-refractivity contribution in [3.8, 4) is 22.3 Å². The number of hydrogen-bond donors (Lipinski definition) is 4. The van der Waals surface area contributed by atoms with Gasteiger partial charge in [-0.05, 0) is 316 Å². The van der Waals surface area contributed by atoms with Crippen LogP contribution in [-0.4, -0.2) is 142 Å². The van der Waals surface area contributed by atoms with Crippen LogP contribution in [0, 0.1) is 48.7 Å². The lowest BCUT2D eigenvalue weighted by atomic mass is 9.98. The van der Waals surface area contributed by atoms with Gasteiger partial charge in [-0.1, -0.05) is 121 Å². The van der Waals surface area contributed by atoms with Crippen molar-refractivity contribution < 1.29 is 85.9 Å². The summed E-state index contributed by atoms with van der Waals surface area (Å²) >= 11 is 4.38. The van der Waals surface area contributed by atoms with E-state index in [4.69, 9.17) is 28.5 Å². The van der Waals surface area contributed by atoms with E-state index in [1.54, 1.807) is 75.4 Å². The minimum atomic E-state index is -0.506. The molecule has 0 spiro atoms. The van der Waals surface area contributed by atoms with Gasteiger partial charge in [-0.15, -0.1) is 0 Å². The van der Waals surface area contributed by atoms with Gasteiger partial charge < -0.3 is 53.8 Å². The predicted octanol–water partition coefficient (Wildman–Crippen LogP) is 22.2. The molecule has 0 saturated heterocycles. The van der Waals surface area contributed by atoms with Crippen molar-refractivity contribution >= 4 is 140 Å². The van der Waals surface area contributed by atoms with Crippen LogP contribution in [0.3, 0.4) is 0 Å². The van der Waals surface area contributed by atoms with E-state index in [0.29, 0.717) is 11.3 Å². The molecule has 0 saturated carbocycles. The third kappa shape index (κ3) is 52.3. The minimum absolute atomic E-state index is 0.241. The van der Waals surface area contributed by atoms with E-state index in [0.717, 1.165) is 70.8 Å². The molecule has 706 valence electrons. The Bertz CT molecular complexity index is 5350. The molecule has 0 aliphatic carbocycles. The van der Waals surface area contributed by atoms with Gasteiger partial charge in [0.15, 0.2) is 0 Å². The number of nitrogens with one attached hydrogen (secondary N) is 4. The molecule has 0 fully saturated rings. The second-order valence-corrected chi connectivity index (χ2v) is 34.9.